The van der Waals surface area contributed by atoms with Crippen LogP contribution >= 0.6 is 0 Å². The Labute approximate surface area is 146 Å². The number of para-hydroxylation sites is 1. The number of hydrogen-bond acceptors (Lipinski definition) is 3. The molecule has 0 radical (unpaired) electrons. The van der Waals surface area contributed by atoms with Gasteiger partial charge in [0.05, 0.1) is 11.3 Å². The summed E-state index contributed by atoms with van der Waals surface area (Å²) in [6.45, 7) is 3.60. The highest BCUT2D eigenvalue weighted by Crippen LogP contribution is 2.24. The van der Waals surface area contributed by atoms with E-state index in [9.17, 15) is 13.2 Å². The number of rotatable bonds is 4. The molecule has 25 heavy (non-hydrogen) atoms. The van der Waals surface area contributed by atoms with Gasteiger partial charge in [-0.3, -0.25) is 4.79 Å². The summed E-state index contributed by atoms with van der Waals surface area (Å²) >= 11 is 0. The molecule has 2 aromatic carbocycles. The van der Waals surface area contributed by atoms with Crippen LogP contribution < -0.4 is 10.5 Å². The molecule has 130 valence electrons. The predicted octanol–water partition coefficient (Wildman–Crippen LogP) is 2.61. The van der Waals surface area contributed by atoms with Gasteiger partial charge in [0.1, 0.15) is 0 Å². The first-order valence-corrected chi connectivity index (χ1v) is 9.29. The Morgan fingerprint density at radius 2 is 1.92 bits per heavy atom. The van der Waals surface area contributed by atoms with Crippen LogP contribution in [0.3, 0.4) is 0 Å². The lowest BCUT2D eigenvalue weighted by atomic mass is 10.1. The highest BCUT2D eigenvalue weighted by Gasteiger charge is 2.15. The summed E-state index contributed by atoms with van der Waals surface area (Å²) in [6, 6.07) is 10.6. The van der Waals surface area contributed by atoms with Gasteiger partial charge in [0.2, 0.25) is 15.9 Å². The molecule has 0 aliphatic rings. The number of carbonyl (C=O) groups is 1. The number of anilines is 1. The fraction of sp³-hybridized carbons (Fsp3) is 0.167. The van der Waals surface area contributed by atoms with E-state index in [-0.39, 0.29) is 17.2 Å². The normalized spacial score (nSPS) is 11.6. The maximum atomic E-state index is 12.4. The van der Waals surface area contributed by atoms with Crippen molar-refractivity contribution in [3.05, 3.63) is 59.3 Å². The van der Waals surface area contributed by atoms with Crippen LogP contribution in [0.25, 0.3) is 10.9 Å². The lowest BCUT2D eigenvalue weighted by Gasteiger charge is -2.12. The number of aromatic amines is 1. The topological polar surface area (TPSA) is 105 Å². The van der Waals surface area contributed by atoms with E-state index in [4.69, 9.17) is 5.14 Å². The number of amides is 1. The molecule has 0 bridgehead atoms. The van der Waals surface area contributed by atoms with Crippen LogP contribution in [-0.4, -0.2) is 19.3 Å². The van der Waals surface area contributed by atoms with Crippen LogP contribution in [-0.2, 0) is 21.2 Å². The van der Waals surface area contributed by atoms with Crippen LogP contribution in [0.2, 0.25) is 0 Å². The number of nitrogens with two attached hydrogens (primary N) is 1. The number of H-pyrrole nitrogens is 1. The van der Waals surface area contributed by atoms with Gasteiger partial charge in [-0.15, -0.1) is 0 Å². The van der Waals surface area contributed by atoms with Crippen molar-refractivity contribution >= 4 is 32.5 Å². The summed E-state index contributed by atoms with van der Waals surface area (Å²) in [7, 11) is -3.84. The number of hydrogen-bond donors (Lipinski definition) is 3. The van der Waals surface area contributed by atoms with Gasteiger partial charge in [0, 0.05) is 22.8 Å². The molecular formula is C18H19N3O3S. The van der Waals surface area contributed by atoms with Gasteiger partial charge in [-0.1, -0.05) is 18.2 Å². The maximum absolute atomic E-state index is 12.4. The van der Waals surface area contributed by atoms with Crippen LogP contribution in [0.15, 0.2) is 47.5 Å². The summed E-state index contributed by atoms with van der Waals surface area (Å²) in [5, 5.41) is 8.99. The third kappa shape index (κ3) is 3.57. The van der Waals surface area contributed by atoms with Crippen LogP contribution in [0, 0.1) is 13.8 Å². The summed E-state index contributed by atoms with van der Waals surface area (Å²) < 4.78 is 23.2. The summed E-state index contributed by atoms with van der Waals surface area (Å²) in [4.78, 5) is 15.6. The molecule has 0 saturated heterocycles. The van der Waals surface area contributed by atoms with Gasteiger partial charge >= 0.3 is 0 Å². The number of fused-ring (bicyclic) bond motifs is 1. The molecule has 1 heterocycles. The van der Waals surface area contributed by atoms with Crippen LogP contribution in [0.4, 0.5) is 5.69 Å². The van der Waals surface area contributed by atoms with Gasteiger partial charge in [0.25, 0.3) is 0 Å². The molecule has 0 atom stereocenters. The van der Waals surface area contributed by atoms with E-state index in [0.717, 1.165) is 27.6 Å². The van der Waals surface area contributed by atoms with Gasteiger partial charge in [0.15, 0.2) is 0 Å². The molecule has 3 aromatic rings. The second kappa shape index (κ2) is 6.34. The average Bonchev–Trinajstić information content (AvgIpc) is 2.94. The molecule has 0 unspecified atom stereocenters. The molecule has 1 amide bonds. The van der Waals surface area contributed by atoms with Crippen LogP contribution in [0.5, 0.6) is 0 Å². The maximum Gasteiger partial charge on any atom is 0.238 e. The molecule has 0 saturated carbocycles. The first-order valence-electron chi connectivity index (χ1n) is 7.74. The van der Waals surface area contributed by atoms with E-state index >= 15 is 0 Å². The van der Waals surface area contributed by atoms with Crippen molar-refractivity contribution in [1.29, 1.82) is 0 Å². The number of benzene rings is 2. The largest absolute Gasteiger partial charge is 0.361 e. The van der Waals surface area contributed by atoms with E-state index in [1.807, 2.05) is 37.4 Å². The minimum absolute atomic E-state index is 0.0157. The molecule has 3 rings (SSSR count). The van der Waals surface area contributed by atoms with Gasteiger partial charge in [-0.05, 0) is 48.7 Å². The smallest absolute Gasteiger partial charge is 0.238 e. The van der Waals surface area contributed by atoms with Gasteiger partial charge < -0.3 is 10.3 Å². The first kappa shape index (κ1) is 17.2. The molecule has 1 aromatic heterocycles. The molecule has 0 fully saturated rings. The molecule has 0 spiro atoms. The Bertz CT molecular complexity index is 1070. The molecular weight excluding hydrogens is 338 g/mol. The van der Waals surface area contributed by atoms with Crippen molar-refractivity contribution in [2.45, 2.75) is 25.2 Å². The van der Waals surface area contributed by atoms with E-state index in [2.05, 4.69) is 10.3 Å². The Morgan fingerprint density at radius 1 is 1.20 bits per heavy atom. The number of sulfonamides is 1. The summed E-state index contributed by atoms with van der Waals surface area (Å²) in [6.07, 6.45) is 1.99. The third-order valence-corrected chi connectivity index (χ3v) is 5.16. The number of nitrogens with one attached hydrogen (secondary N) is 2. The number of carbonyl (C=O) groups excluding carboxylic acids is 1. The zero-order valence-electron chi connectivity index (χ0n) is 14.0. The molecule has 7 heteroatoms. The molecule has 4 N–H and O–H groups in total. The van der Waals surface area contributed by atoms with Gasteiger partial charge in [-0.25, -0.2) is 13.6 Å². The SMILES string of the molecule is Cc1cc(S(N)(=O)=O)cc(NC(=O)Cc2c[nH]c3ccccc23)c1C. The van der Waals surface area contributed by atoms with Crippen molar-refractivity contribution in [2.24, 2.45) is 5.14 Å². The first-order chi connectivity index (χ1) is 11.8. The van der Waals surface area contributed by atoms with Crippen molar-refractivity contribution in [2.75, 3.05) is 5.32 Å². The highest BCUT2D eigenvalue weighted by molar-refractivity contribution is 7.89. The monoisotopic (exact) mass is 357 g/mol. The van der Waals surface area contributed by atoms with Crippen LogP contribution in [0.1, 0.15) is 16.7 Å². The second-order valence-electron chi connectivity index (χ2n) is 6.04. The third-order valence-electron chi connectivity index (χ3n) is 4.27. The fourth-order valence-electron chi connectivity index (χ4n) is 2.77. The standard InChI is InChI=1S/C18H19N3O3S/c1-11-7-14(25(19,23)24)9-17(12(11)2)21-18(22)8-13-10-20-16-6-4-3-5-15(13)16/h3-7,9-10,20H,8H2,1-2H3,(H,21,22)(H2,19,23,24). The predicted molar refractivity (Wildman–Crippen MR) is 97.9 cm³/mol. The Kier molecular flexibility index (Phi) is 4.36. The van der Waals surface area contributed by atoms with Crippen molar-refractivity contribution < 1.29 is 13.2 Å². The Morgan fingerprint density at radius 3 is 2.64 bits per heavy atom. The second-order valence-corrected chi connectivity index (χ2v) is 7.60. The van der Waals surface area contributed by atoms with Crippen molar-refractivity contribution in [1.82, 2.24) is 4.98 Å². The molecule has 0 aliphatic heterocycles. The van der Waals surface area contributed by atoms with Crippen molar-refractivity contribution in [3.8, 4) is 0 Å². The minimum atomic E-state index is -3.84. The lowest BCUT2D eigenvalue weighted by molar-refractivity contribution is -0.115. The summed E-state index contributed by atoms with van der Waals surface area (Å²) in [5.74, 6) is -0.223. The summed E-state index contributed by atoms with van der Waals surface area (Å²) in [5.41, 5.74) is 3.85. The zero-order valence-corrected chi connectivity index (χ0v) is 14.8. The minimum Gasteiger partial charge on any atom is -0.361 e. The molecule has 0 aliphatic carbocycles. The van der Waals surface area contributed by atoms with E-state index < -0.39 is 10.0 Å². The molecule has 6 nitrogen and oxygen atoms in total. The number of primary sulfonamides is 1. The van der Waals surface area contributed by atoms with E-state index in [1.165, 1.54) is 12.1 Å². The number of aryl methyl sites for hydroxylation is 1. The van der Waals surface area contributed by atoms with E-state index in [1.54, 1.807) is 6.92 Å². The van der Waals surface area contributed by atoms with Crippen molar-refractivity contribution in [3.63, 3.8) is 0 Å². The quantitative estimate of drug-likeness (QED) is 0.668. The number of aromatic nitrogens is 1. The Hall–Kier alpha value is -2.64. The fourth-order valence-corrected chi connectivity index (χ4v) is 3.39. The van der Waals surface area contributed by atoms with Gasteiger partial charge in [-0.2, -0.15) is 0 Å². The Balaban J connectivity index is 1.87. The average molecular weight is 357 g/mol. The zero-order chi connectivity index (χ0) is 18.2. The highest BCUT2D eigenvalue weighted by atomic mass is 32.2. The van der Waals surface area contributed by atoms with E-state index in [0.29, 0.717) is 5.69 Å². The lowest BCUT2D eigenvalue weighted by Crippen LogP contribution is -2.17.